The number of halogens is 1. The van der Waals surface area contributed by atoms with Crippen LogP contribution in [0.1, 0.15) is 20.8 Å². The van der Waals surface area contributed by atoms with E-state index >= 15 is 0 Å². The van der Waals surface area contributed by atoms with Gasteiger partial charge in [0.1, 0.15) is 10.5 Å². The van der Waals surface area contributed by atoms with Gasteiger partial charge in [0.2, 0.25) is 0 Å². The molecule has 2 heterocycles. The standard InChI is InChI=1S/C19H14ClN3O2S2/c1-10-2-4-11(5-3-10)9-21-18(25)15-16-22-17(24)13-7-6-12(20)8-14(13)23(16)19(26)27-15/h2-8H,9H2,1H3,(H,21,25)(H,22,24). The molecule has 27 heavy (non-hydrogen) atoms. The van der Waals surface area contributed by atoms with Crippen molar-refractivity contribution in [1.82, 2.24) is 14.7 Å². The van der Waals surface area contributed by atoms with Gasteiger partial charge in [0.15, 0.2) is 3.95 Å². The van der Waals surface area contributed by atoms with E-state index < -0.39 is 0 Å². The molecule has 4 aromatic rings. The molecule has 8 heteroatoms. The number of nitrogens with zero attached hydrogens (tertiary/aromatic N) is 1. The first kappa shape index (κ1) is 17.9. The Bertz CT molecular complexity index is 1300. The van der Waals surface area contributed by atoms with Gasteiger partial charge < -0.3 is 10.3 Å². The molecule has 0 atom stereocenters. The number of aryl methyl sites for hydroxylation is 1. The number of amides is 1. The monoisotopic (exact) mass is 415 g/mol. The lowest BCUT2D eigenvalue weighted by Gasteiger charge is -2.06. The molecule has 0 radical (unpaired) electrons. The molecular formula is C19H14ClN3O2S2. The molecule has 0 saturated carbocycles. The van der Waals surface area contributed by atoms with Gasteiger partial charge in [-0.05, 0) is 42.9 Å². The first-order valence-electron chi connectivity index (χ1n) is 8.15. The van der Waals surface area contributed by atoms with Crippen LogP contribution in [0.4, 0.5) is 0 Å². The summed E-state index contributed by atoms with van der Waals surface area (Å²) >= 11 is 12.7. The highest BCUT2D eigenvalue weighted by molar-refractivity contribution is 7.73. The highest BCUT2D eigenvalue weighted by Gasteiger charge is 2.18. The van der Waals surface area contributed by atoms with Gasteiger partial charge in [-0.1, -0.05) is 52.8 Å². The van der Waals surface area contributed by atoms with E-state index in [2.05, 4.69) is 10.3 Å². The van der Waals surface area contributed by atoms with E-state index in [1.165, 1.54) is 0 Å². The molecule has 4 rings (SSSR count). The van der Waals surface area contributed by atoms with Crippen molar-refractivity contribution in [2.45, 2.75) is 13.5 Å². The van der Waals surface area contributed by atoms with E-state index in [0.717, 1.165) is 22.5 Å². The number of aromatic nitrogens is 2. The number of thiazole rings is 1. The van der Waals surface area contributed by atoms with Crippen molar-refractivity contribution in [2.24, 2.45) is 0 Å². The fourth-order valence-corrected chi connectivity index (χ4v) is 4.35. The van der Waals surface area contributed by atoms with Gasteiger partial charge in [0, 0.05) is 11.6 Å². The molecule has 0 bridgehead atoms. The Balaban J connectivity index is 1.77. The number of rotatable bonds is 3. The second-order valence-electron chi connectivity index (χ2n) is 6.16. The van der Waals surface area contributed by atoms with Gasteiger partial charge >= 0.3 is 0 Å². The van der Waals surface area contributed by atoms with Gasteiger partial charge in [0.25, 0.3) is 11.5 Å². The Hall–Kier alpha value is -2.48. The average Bonchev–Trinajstić information content (AvgIpc) is 2.97. The third kappa shape index (κ3) is 3.29. The smallest absolute Gasteiger partial charge is 0.265 e. The summed E-state index contributed by atoms with van der Waals surface area (Å²) in [5.74, 6) is -0.286. The van der Waals surface area contributed by atoms with E-state index in [9.17, 15) is 9.59 Å². The Morgan fingerprint density at radius 2 is 2.00 bits per heavy atom. The van der Waals surface area contributed by atoms with E-state index in [4.69, 9.17) is 23.8 Å². The predicted molar refractivity (Wildman–Crippen MR) is 112 cm³/mol. The summed E-state index contributed by atoms with van der Waals surface area (Å²) in [6.07, 6.45) is 0. The summed E-state index contributed by atoms with van der Waals surface area (Å²) in [6, 6.07) is 12.9. The number of benzene rings is 2. The van der Waals surface area contributed by atoms with Crippen LogP contribution in [-0.2, 0) is 6.54 Å². The van der Waals surface area contributed by atoms with Crippen molar-refractivity contribution < 1.29 is 4.79 Å². The molecule has 0 aliphatic rings. The summed E-state index contributed by atoms with van der Waals surface area (Å²) in [5, 5.41) is 3.84. The molecule has 2 aromatic carbocycles. The number of hydrogen-bond donors (Lipinski definition) is 2. The number of H-pyrrole nitrogens is 1. The maximum Gasteiger partial charge on any atom is 0.265 e. The second kappa shape index (κ2) is 6.92. The zero-order chi connectivity index (χ0) is 19.1. The summed E-state index contributed by atoms with van der Waals surface area (Å²) in [7, 11) is 0. The number of hydrogen-bond acceptors (Lipinski definition) is 4. The molecule has 0 aliphatic heterocycles. The quantitative estimate of drug-likeness (QED) is 0.485. The van der Waals surface area contributed by atoms with E-state index in [-0.39, 0.29) is 11.5 Å². The molecule has 136 valence electrons. The minimum absolute atomic E-state index is 0.286. The largest absolute Gasteiger partial charge is 0.347 e. The Morgan fingerprint density at radius 1 is 1.26 bits per heavy atom. The number of carbonyl (C=O) groups is 1. The van der Waals surface area contributed by atoms with Crippen molar-refractivity contribution in [3.8, 4) is 0 Å². The van der Waals surface area contributed by atoms with Crippen LogP contribution in [0.2, 0.25) is 5.02 Å². The molecule has 2 N–H and O–H groups in total. The SMILES string of the molecule is Cc1ccc(CNC(=O)c2sc(=S)n3c2[nH]c(=O)c2ccc(Cl)cc23)cc1. The van der Waals surface area contributed by atoms with Crippen LogP contribution in [0.3, 0.4) is 0 Å². The van der Waals surface area contributed by atoms with Crippen molar-refractivity contribution in [3.63, 3.8) is 0 Å². The zero-order valence-corrected chi connectivity index (χ0v) is 16.6. The Kier molecular flexibility index (Phi) is 4.59. The average molecular weight is 416 g/mol. The Morgan fingerprint density at radius 3 is 2.74 bits per heavy atom. The second-order valence-corrected chi connectivity index (χ2v) is 8.25. The van der Waals surface area contributed by atoms with Gasteiger partial charge in [-0.2, -0.15) is 0 Å². The summed E-state index contributed by atoms with van der Waals surface area (Å²) < 4.78 is 2.15. The van der Waals surface area contributed by atoms with E-state index in [1.54, 1.807) is 22.6 Å². The maximum absolute atomic E-state index is 12.7. The van der Waals surface area contributed by atoms with Crippen molar-refractivity contribution in [1.29, 1.82) is 0 Å². The summed E-state index contributed by atoms with van der Waals surface area (Å²) in [5.41, 5.74) is 2.82. The number of nitrogens with one attached hydrogen (secondary N) is 2. The molecule has 0 aliphatic carbocycles. The number of aromatic amines is 1. The fourth-order valence-electron chi connectivity index (χ4n) is 2.88. The van der Waals surface area contributed by atoms with Crippen molar-refractivity contribution in [2.75, 3.05) is 0 Å². The zero-order valence-electron chi connectivity index (χ0n) is 14.2. The van der Waals surface area contributed by atoms with E-state index in [1.807, 2.05) is 31.2 Å². The number of carbonyl (C=O) groups excluding carboxylic acids is 1. The predicted octanol–water partition coefficient (Wildman–Crippen LogP) is 4.46. The highest BCUT2D eigenvalue weighted by atomic mass is 35.5. The van der Waals surface area contributed by atoms with Gasteiger partial charge in [0.05, 0.1) is 10.9 Å². The molecule has 0 spiro atoms. The van der Waals surface area contributed by atoms with Crippen molar-refractivity contribution >= 4 is 57.6 Å². The third-order valence-electron chi connectivity index (χ3n) is 4.27. The third-order valence-corrected chi connectivity index (χ3v) is 5.88. The first-order chi connectivity index (χ1) is 12.9. The Labute approximate surface area is 168 Å². The normalized spacial score (nSPS) is 11.2. The molecule has 5 nitrogen and oxygen atoms in total. The lowest BCUT2D eigenvalue weighted by atomic mass is 10.1. The van der Waals surface area contributed by atoms with Crippen LogP contribution >= 0.6 is 35.2 Å². The fraction of sp³-hybridized carbons (Fsp3) is 0.105. The lowest BCUT2D eigenvalue weighted by Crippen LogP contribution is -2.23. The molecule has 2 aromatic heterocycles. The van der Waals surface area contributed by atoms with Gasteiger partial charge in [-0.15, -0.1) is 0 Å². The van der Waals surface area contributed by atoms with Gasteiger partial charge in [-0.3, -0.25) is 14.0 Å². The molecule has 0 unspecified atom stereocenters. The van der Waals surface area contributed by atoms with Crippen molar-refractivity contribution in [3.05, 3.63) is 77.8 Å². The van der Waals surface area contributed by atoms with Crippen LogP contribution < -0.4 is 10.9 Å². The topological polar surface area (TPSA) is 66.4 Å². The first-order valence-corrected chi connectivity index (χ1v) is 9.75. The summed E-state index contributed by atoms with van der Waals surface area (Å²) in [6.45, 7) is 2.40. The van der Waals surface area contributed by atoms with E-state index in [0.29, 0.717) is 36.9 Å². The van der Waals surface area contributed by atoms with Crippen LogP contribution in [0.5, 0.6) is 0 Å². The number of fused-ring (bicyclic) bond motifs is 3. The van der Waals surface area contributed by atoms with Crippen LogP contribution in [0.15, 0.2) is 47.3 Å². The highest BCUT2D eigenvalue weighted by Crippen LogP contribution is 2.24. The molecular weight excluding hydrogens is 402 g/mol. The minimum atomic E-state index is -0.290. The van der Waals surface area contributed by atoms with Crippen LogP contribution in [0.25, 0.3) is 16.6 Å². The molecule has 0 fully saturated rings. The van der Waals surface area contributed by atoms with Crippen LogP contribution in [-0.4, -0.2) is 15.3 Å². The molecule has 0 saturated heterocycles. The van der Waals surface area contributed by atoms with Gasteiger partial charge in [-0.25, -0.2) is 0 Å². The minimum Gasteiger partial charge on any atom is -0.347 e. The molecule has 1 amide bonds. The summed E-state index contributed by atoms with van der Waals surface area (Å²) in [4.78, 5) is 28.3. The lowest BCUT2D eigenvalue weighted by molar-refractivity contribution is 0.0956. The maximum atomic E-state index is 12.7. The van der Waals surface area contributed by atoms with Crippen LogP contribution in [0, 0.1) is 10.9 Å².